The van der Waals surface area contributed by atoms with E-state index in [1.165, 1.54) is 23.3 Å². The summed E-state index contributed by atoms with van der Waals surface area (Å²) < 4.78 is 0. The number of hydrogen-bond donors (Lipinski definition) is 2. The van der Waals surface area contributed by atoms with Gasteiger partial charge in [-0.15, -0.1) is 11.3 Å². The van der Waals surface area contributed by atoms with Crippen molar-refractivity contribution in [1.29, 1.82) is 0 Å². The van der Waals surface area contributed by atoms with E-state index in [2.05, 4.69) is 49.6 Å². The van der Waals surface area contributed by atoms with Gasteiger partial charge in [0.1, 0.15) is 5.82 Å². The molecule has 6 nitrogen and oxygen atoms in total. The van der Waals surface area contributed by atoms with Gasteiger partial charge in [0.05, 0.1) is 6.54 Å². The first-order valence-corrected chi connectivity index (χ1v) is 9.67. The van der Waals surface area contributed by atoms with E-state index in [4.69, 9.17) is 5.73 Å². The maximum atomic E-state index is 5.92. The zero-order chi connectivity index (χ0) is 17.9. The normalized spacial score (nSPS) is 17.5. The molecule has 1 unspecified atom stereocenters. The SMILES string of the molecule is Cc1ccc(Nc2nc(N)nc(CN3CCCC3c3cccs3)n2)cc1. The standard InChI is InChI=1S/C19H22N6S/c1-13-6-8-14(9-7-13)21-19-23-17(22-18(20)24-19)12-25-10-2-4-15(25)16-5-3-11-26-16/h3,5-9,11,15H,2,4,10,12H2,1H3,(H3,20,21,22,23,24). The van der Waals surface area contributed by atoms with Gasteiger partial charge in [-0.25, -0.2) is 0 Å². The van der Waals surface area contributed by atoms with E-state index in [1.807, 2.05) is 35.6 Å². The summed E-state index contributed by atoms with van der Waals surface area (Å²) in [6.45, 7) is 3.79. The van der Waals surface area contributed by atoms with Crippen LogP contribution in [0.4, 0.5) is 17.6 Å². The highest BCUT2D eigenvalue weighted by molar-refractivity contribution is 7.10. The Morgan fingerprint density at radius 2 is 2.04 bits per heavy atom. The molecule has 1 aliphatic heterocycles. The van der Waals surface area contributed by atoms with Crippen molar-refractivity contribution in [3.63, 3.8) is 0 Å². The van der Waals surface area contributed by atoms with Gasteiger partial charge >= 0.3 is 0 Å². The Hall–Kier alpha value is -2.51. The number of aromatic nitrogens is 3. The van der Waals surface area contributed by atoms with Crippen LogP contribution in [-0.2, 0) is 6.54 Å². The van der Waals surface area contributed by atoms with Gasteiger partial charge in [-0.2, -0.15) is 15.0 Å². The average molecular weight is 366 g/mol. The molecular formula is C19H22N6S. The third-order valence-electron chi connectivity index (χ3n) is 4.59. The lowest BCUT2D eigenvalue weighted by Gasteiger charge is -2.22. The van der Waals surface area contributed by atoms with Gasteiger partial charge in [0.15, 0.2) is 0 Å². The minimum atomic E-state index is 0.247. The Morgan fingerprint density at radius 1 is 1.19 bits per heavy atom. The molecule has 3 aromatic rings. The largest absolute Gasteiger partial charge is 0.368 e. The number of rotatable bonds is 5. The highest BCUT2D eigenvalue weighted by Crippen LogP contribution is 2.35. The number of hydrogen-bond acceptors (Lipinski definition) is 7. The van der Waals surface area contributed by atoms with Crippen molar-refractivity contribution in [2.45, 2.75) is 32.4 Å². The van der Waals surface area contributed by atoms with Crippen molar-refractivity contribution in [2.24, 2.45) is 0 Å². The molecule has 1 fully saturated rings. The summed E-state index contributed by atoms with van der Waals surface area (Å²) in [6, 6.07) is 12.9. The molecule has 7 heteroatoms. The monoisotopic (exact) mass is 366 g/mol. The van der Waals surface area contributed by atoms with E-state index < -0.39 is 0 Å². The van der Waals surface area contributed by atoms with Gasteiger partial charge in [0, 0.05) is 16.6 Å². The van der Waals surface area contributed by atoms with Crippen molar-refractivity contribution in [2.75, 3.05) is 17.6 Å². The fourth-order valence-corrected chi connectivity index (χ4v) is 4.23. The number of anilines is 3. The second kappa shape index (κ2) is 7.39. The van der Waals surface area contributed by atoms with Gasteiger partial charge in [-0.1, -0.05) is 23.8 Å². The molecule has 1 aliphatic rings. The number of nitrogen functional groups attached to an aromatic ring is 1. The molecule has 0 spiro atoms. The number of benzene rings is 1. The molecule has 2 aromatic heterocycles. The number of likely N-dealkylation sites (tertiary alicyclic amines) is 1. The van der Waals surface area contributed by atoms with E-state index in [9.17, 15) is 0 Å². The lowest BCUT2D eigenvalue weighted by Crippen LogP contribution is -2.24. The maximum absolute atomic E-state index is 5.92. The number of nitrogens with zero attached hydrogens (tertiary/aromatic N) is 4. The van der Waals surface area contributed by atoms with Crippen molar-refractivity contribution in [3.05, 3.63) is 58.0 Å². The molecule has 26 heavy (non-hydrogen) atoms. The lowest BCUT2D eigenvalue weighted by atomic mass is 10.2. The summed E-state index contributed by atoms with van der Waals surface area (Å²) in [4.78, 5) is 17.0. The van der Waals surface area contributed by atoms with Gasteiger partial charge in [-0.3, -0.25) is 4.90 Å². The van der Waals surface area contributed by atoms with Crippen LogP contribution in [0.15, 0.2) is 41.8 Å². The third kappa shape index (κ3) is 3.84. The quantitative estimate of drug-likeness (QED) is 0.713. The van der Waals surface area contributed by atoms with Crippen molar-refractivity contribution < 1.29 is 0 Å². The number of thiophene rings is 1. The van der Waals surface area contributed by atoms with Crippen LogP contribution in [0.25, 0.3) is 0 Å². The van der Waals surface area contributed by atoms with Crippen LogP contribution in [0.1, 0.15) is 35.1 Å². The molecule has 0 aliphatic carbocycles. The summed E-state index contributed by atoms with van der Waals surface area (Å²) in [5.74, 6) is 1.44. The van der Waals surface area contributed by atoms with Crippen molar-refractivity contribution in [3.8, 4) is 0 Å². The van der Waals surface area contributed by atoms with E-state index >= 15 is 0 Å². The molecule has 0 saturated carbocycles. The first-order chi connectivity index (χ1) is 12.7. The number of aryl methyl sites for hydroxylation is 1. The molecule has 1 aromatic carbocycles. The summed E-state index contributed by atoms with van der Waals surface area (Å²) in [5, 5.41) is 5.35. The number of nitrogens with one attached hydrogen (secondary N) is 1. The summed E-state index contributed by atoms with van der Waals surface area (Å²) in [7, 11) is 0. The predicted octanol–water partition coefficient (Wildman–Crippen LogP) is 3.90. The second-order valence-corrected chi connectivity index (χ2v) is 7.55. The summed E-state index contributed by atoms with van der Waals surface area (Å²) >= 11 is 1.81. The lowest BCUT2D eigenvalue weighted by molar-refractivity contribution is 0.245. The molecule has 0 amide bonds. The van der Waals surface area contributed by atoms with E-state index in [0.29, 0.717) is 24.4 Å². The van der Waals surface area contributed by atoms with E-state index in [0.717, 1.165) is 12.2 Å². The Kier molecular flexibility index (Phi) is 4.81. The Morgan fingerprint density at radius 3 is 2.81 bits per heavy atom. The molecule has 3 N–H and O–H groups in total. The minimum absolute atomic E-state index is 0.247. The van der Waals surface area contributed by atoms with Gasteiger partial charge in [0.25, 0.3) is 0 Å². The minimum Gasteiger partial charge on any atom is -0.368 e. The fraction of sp³-hybridized carbons (Fsp3) is 0.316. The van der Waals surface area contributed by atoms with Crippen molar-refractivity contribution >= 4 is 28.9 Å². The van der Waals surface area contributed by atoms with E-state index in [1.54, 1.807) is 0 Å². The molecule has 134 valence electrons. The summed E-state index contributed by atoms with van der Waals surface area (Å²) in [6.07, 6.45) is 2.37. The third-order valence-corrected chi connectivity index (χ3v) is 5.56. The Balaban J connectivity index is 1.51. The number of nitrogens with two attached hydrogens (primary N) is 1. The van der Waals surface area contributed by atoms with Crippen LogP contribution in [0, 0.1) is 6.92 Å². The molecule has 3 heterocycles. The van der Waals surface area contributed by atoms with Crippen LogP contribution < -0.4 is 11.1 Å². The van der Waals surface area contributed by atoms with Gasteiger partial charge < -0.3 is 11.1 Å². The Labute approximate surface area is 157 Å². The average Bonchev–Trinajstić information content (AvgIpc) is 3.27. The smallest absolute Gasteiger partial charge is 0.232 e. The van der Waals surface area contributed by atoms with Crippen LogP contribution in [0.5, 0.6) is 0 Å². The van der Waals surface area contributed by atoms with Crippen LogP contribution >= 0.6 is 11.3 Å². The first kappa shape index (κ1) is 16.9. The topological polar surface area (TPSA) is 80.0 Å². The highest BCUT2D eigenvalue weighted by Gasteiger charge is 2.27. The maximum Gasteiger partial charge on any atom is 0.232 e. The van der Waals surface area contributed by atoms with Crippen LogP contribution in [0.3, 0.4) is 0 Å². The second-order valence-electron chi connectivity index (χ2n) is 6.57. The van der Waals surface area contributed by atoms with Crippen LogP contribution in [-0.4, -0.2) is 26.4 Å². The Bertz CT molecular complexity index is 862. The van der Waals surface area contributed by atoms with Gasteiger partial charge in [-0.05, 0) is 49.9 Å². The fourth-order valence-electron chi connectivity index (χ4n) is 3.33. The zero-order valence-corrected chi connectivity index (χ0v) is 15.5. The predicted molar refractivity (Wildman–Crippen MR) is 105 cm³/mol. The van der Waals surface area contributed by atoms with E-state index in [-0.39, 0.29) is 5.95 Å². The zero-order valence-electron chi connectivity index (χ0n) is 14.7. The molecule has 1 atom stereocenters. The highest BCUT2D eigenvalue weighted by atomic mass is 32.1. The first-order valence-electron chi connectivity index (χ1n) is 8.79. The van der Waals surface area contributed by atoms with Crippen molar-refractivity contribution in [1.82, 2.24) is 19.9 Å². The van der Waals surface area contributed by atoms with Gasteiger partial charge in [0.2, 0.25) is 11.9 Å². The summed E-state index contributed by atoms with van der Waals surface area (Å²) in [5.41, 5.74) is 8.07. The molecule has 0 radical (unpaired) electrons. The molecule has 1 saturated heterocycles. The molecule has 0 bridgehead atoms. The van der Waals surface area contributed by atoms with Crippen LogP contribution in [0.2, 0.25) is 0 Å². The molecule has 4 rings (SSSR count). The molecular weight excluding hydrogens is 344 g/mol.